The van der Waals surface area contributed by atoms with E-state index in [0.29, 0.717) is 32.6 Å². The van der Waals surface area contributed by atoms with Gasteiger partial charge in [0.05, 0.1) is 0 Å². The largest absolute Gasteiger partial charge is 0.433 e. The summed E-state index contributed by atoms with van der Waals surface area (Å²) in [6.07, 6.45) is -2.92. The molecule has 128 valence electrons. The quantitative estimate of drug-likeness (QED) is 0.836. The number of alkyl halides is 3. The molecule has 1 amide bonds. The van der Waals surface area contributed by atoms with Crippen molar-refractivity contribution in [1.82, 2.24) is 14.9 Å². The molecule has 1 saturated heterocycles. The Morgan fingerprint density at radius 1 is 1.17 bits per heavy atom. The fourth-order valence-electron chi connectivity index (χ4n) is 2.38. The summed E-state index contributed by atoms with van der Waals surface area (Å²) in [7, 11) is 0. The minimum Gasteiger partial charge on any atom is -0.339 e. The highest BCUT2D eigenvalue weighted by Gasteiger charge is 2.33. The number of hydrogen-bond donors (Lipinski definition) is 0. The second-order valence-corrected chi connectivity index (χ2v) is 6.84. The van der Waals surface area contributed by atoms with Crippen molar-refractivity contribution in [1.29, 1.82) is 0 Å². The zero-order valence-corrected chi connectivity index (χ0v) is 13.5. The zero-order valence-electron chi connectivity index (χ0n) is 13.5. The molecule has 2 rings (SSSR count). The van der Waals surface area contributed by atoms with Crippen LogP contribution in [0.4, 0.5) is 19.1 Å². The number of nitrogens with zero attached hydrogens (tertiary/aromatic N) is 4. The van der Waals surface area contributed by atoms with Gasteiger partial charge in [-0.15, -0.1) is 0 Å². The van der Waals surface area contributed by atoms with Crippen molar-refractivity contribution in [2.24, 2.45) is 5.41 Å². The van der Waals surface area contributed by atoms with Crippen LogP contribution in [0, 0.1) is 5.41 Å². The van der Waals surface area contributed by atoms with Gasteiger partial charge in [-0.05, 0) is 11.5 Å². The molecule has 23 heavy (non-hydrogen) atoms. The van der Waals surface area contributed by atoms with Crippen molar-refractivity contribution in [2.45, 2.75) is 33.4 Å². The van der Waals surface area contributed by atoms with Crippen molar-refractivity contribution in [2.75, 3.05) is 31.1 Å². The molecule has 0 aromatic carbocycles. The maximum atomic E-state index is 12.7. The van der Waals surface area contributed by atoms with E-state index in [1.54, 1.807) is 9.80 Å². The van der Waals surface area contributed by atoms with Crippen LogP contribution in [0.3, 0.4) is 0 Å². The Labute approximate surface area is 133 Å². The number of aromatic nitrogens is 2. The lowest BCUT2D eigenvalue weighted by Gasteiger charge is -2.36. The number of halogens is 3. The third kappa shape index (κ3) is 4.80. The van der Waals surface area contributed by atoms with Crippen LogP contribution in [-0.4, -0.2) is 47.0 Å². The molecular weight excluding hydrogens is 309 g/mol. The summed E-state index contributed by atoms with van der Waals surface area (Å²) in [5.74, 6) is 0.129. The number of piperazine rings is 1. The van der Waals surface area contributed by atoms with Crippen LogP contribution in [0.5, 0.6) is 0 Å². The van der Waals surface area contributed by atoms with E-state index >= 15 is 0 Å². The van der Waals surface area contributed by atoms with Gasteiger partial charge in [-0.2, -0.15) is 13.2 Å². The monoisotopic (exact) mass is 330 g/mol. The molecule has 0 radical (unpaired) electrons. The molecule has 0 unspecified atom stereocenters. The summed E-state index contributed by atoms with van der Waals surface area (Å²) >= 11 is 0. The molecular formula is C15H21F3N4O. The number of carbonyl (C=O) groups is 1. The third-order valence-corrected chi connectivity index (χ3v) is 3.53. The highest BCUT2D eigenvalue weighted by Crippen LogP contribution is 2.28. The lowest BCUT2D eigenvalue weighted by Crippen LogP contribution is -2.49. The fraction of sp³-hybridized carbons (Fsp3) is 0.667. The van der Waals surface area contributed by atoms with Crippen LogP contribution in [0.25, 0.3) is 0 Å². The van der Waals surface area contributed by atoms with Crippen LogP contribution in [0.1, 0.15) is 32.9 Å². The van der Waals surface area contributed by atoms with Crippen molar-refractivity contribution >= 4 is 11.9 Å². The zero-order chi connectivity index (χ0) is 17.3. The first-order valence-electron chi connectivity index (χ1n) is 7.49. The van der Waals surface area contributed by atoms with Gasteiger partial charge in [-0.3, -0.25) is 4.79 Å². The van der Waals surface area contributed by atoms with Crippen LogP contribution >= 0.6 is 0 Å². The van der Waals surface area contributed by atoms with Crippen LogP contribution in [0.15, 0.2) is 12.3 Å². The van der Waals surface area contributed by atoms with Gasteiger partial charge in [0.1, 0.15) is 5.69 Å². The van der Waals surface area contributed by atoms with Gasteiger partial charge < -0.3 is 9.80 Å². The summed E-state index contributed by atoms with van der Waals surface area (Å²) in [5.41, 5.74) is -1.04. The molecule has 2 heterocycles. The second-order valence-electron chi connectivity index (χ2n) is 6.84. The maximum Gasteiger partial charge on any atom is 0.433 e. The molecule has 1 aromatic rings. The van der Waals surface area contributed by atoms with Crippen molar-refractivity contribution in [3.05, 3.63) is 18.0 Å². The number of hydrogen-bond acceptors (Lipinski definition) is 4. The summed E-state index contributed by atoms with van der Waals surface area (Å²) in [6.45, 7) is 7.78. The molecule has 0 saturated carbocycles. The van der Waals surface area contributed by atoms with Crippen LogP contribution < -0.4 is 4.90 Å². The molecule has 0 spiro atoms. The Balaban J connectivity index is 1.98. The number of anilines is 1. The molecule has 0 N–H and O–H groups in total. The summed E-state index contributed by atoms with van der Waals surface area (Å²) in [5, 5.41) is 0. The second kappa shape index (κ2) is 6.33. The summed E-state index contributed by atoms with van der Waals surface area (Å²) < 4.78 is 38.1. The molecule has 1 fully saturated rings. The predicted molar refractivity (Wildman–Crippen MR) is 79.9 cm³/mol. The van der Waals surface area contributed by atoms with E-state index in [4.69, 9.17) is 0 Å². The Morgan fingerprint density at radius 2 is 1.78 bits per heavy atom. The van der Waals surface area contributed by atoms with Gasteiger partial charge in [-0.25, -0.2) is 9.97 Å². The first-order chi connectivity index (χ1) is 10.6. The fourth-order valence-corrected chi connectivity index (χ4v) is 2.38. The molecule has 0 bridgehead atoms. The normalized spacial score (nSPS) is 16.6. The van der Waals surface area contributed by atoms with Gasteiger partial charge in [0.15, 0.2) is 0 Å². The number of amides is 1. The van der Waals surface area contributed by atoms with E-state index < -0.39 is 11.9 Å². The number of rotatable bonds is 2. The Kier molecular flexibility index (Phi) is 4.81. The standard InChI is InChI=1S/C15H21F3N4O/c1-14(2,3)10-12(23)21-6-8-22(9-7-21)13-19-5-4-11(20-13)15(16,17)18/h4-5H,6-10H2,1-3H3. The van der Waals surface area contributed by atoms with Gasteiger partial charge in [-0.1, -0.05) is 20.8 Å². The maximum absolute atomic E-state index is 12.7. The average Bonchev–Trinajstić information content (AvgIpc) is 2.45. The Hall–Kier alpha value is -1.86. The molecule has 0 aliphatic carbocycles. The lowest BCUT2D eigenvalue weighted by molar-refractivity contribution is -0.141. The van der Waals surface area contributed by atoms with Crippen LogP contribution in [0.2, 0.25) is 0 Å². The minimum atomic E-state index is -4.48. The topological polar surface area (TPSA) is 49.3 Å². The van der Waals surface area contributed by atoms with Crippen molar-refractivity contribution in [3.8, 4) is 0 Å². The number of carbonyl (C=O) groups excluding carboxylic acids is 1. The molecule has 8 heteroatoms. The Bertz CT molecular complexity index is 561. The highest BCUT2D eigenvalue weighted by atomic mass is 19.4. The lowest BCUT2D eigenvalue weighted by atomic mass is 9.91. The van der Waals surface area contributed by atoms with E-state index in [1.807, 2.05) is 20.8 Å². The third-order valence-electron chi connectivity index (χ3n) is 3.53. The molecule has 1 aliphatic heterocycles. The molecule has 5 nitrogen and oxygen atoms in total. The molecule has 1 aromatic heterocycles. The van der Waals surface area contributed by atoms with Gasteiger partial charge in [0.2, 0.25) is 11.9 Å². The first kappa shape index (κ1) is 17.5. The SMILES string of the molecule is CC(C)(C)CC(=O)N1CCN(c2nccc(C(F)(F)F)n2)CC1. The van der Waals surface area contributed by atoms with E-state index in [-0.39, 0.29) is 17.3 Å². The minimum absolute atomic E-state index is 0.0581. The van der Waals surface area contributed by atoms with E-state index in [2.05, 4.69) is 9.97 Å². The van der Waals surface area contributed by atoms with Crippen molar-refractivity contribution in [3.63, 3.8) is 0 Å². The van der Waals surface area contributed by atoms with E-state index in [9.17, 15) is 18.0 Å². The average molecular weight is 330 g/mol. The summed E-state index contributed by atoms with van der Waals surface area (Å²) in [4.78, 5) is 23.1. The molecule has 0 atom stereocenters. The Morgan fingerprint density at radius 3 is 2.30 bits per heavy atom. The predicted octanol–water partition coefficient (Wildman–Crippen LogP) is 2.58. The van der Waals surface area contributed by atoms with Crippen molar-refractivity contribution < 1.29 is 18.0 Å². The van der Waals surface area contributed by atoms with Gasteiger partial charge in [0, 0.05) is 38.8 Å². The van der Waals surface area contributed by atoms with Gasteiger partial charge in [0.25, 0.3) is 0 Å². The van der Waals surface area contributed by atoms with E-state index in [1.165, 1.54) is 0 Å². The van der Waals surface area contributed by atoms with Gasteiger partial charge >= 0.3 is 6.18 Å². The first-order valence-corrected chi connectivity index (χ1v) is 7.49. The molecule has 1 aliphatic rings. The summed E-state index contributed by atoms with van der Waals surface area (Å²) in [6, 6.07) is 0.854. The van der Waals surface area contributed by atoms with Crippen LogP contribution in [-0.2, 0) is 11.0 Å². The van der Waals surface area contributed by atoms with E-state index in [0.717, 1.165) is 12.3 Å². The smallest absolute Gasteiger partial charge is 0.339 e. The highest BCUT2D eigenvalue weighted by molar-refractivity contribution is 5.77.